The molecule has 15 heavy (non-hydrogen) atoms. The number of aromatic nitrogens is 2. The molecule has 0 spiro atoms. The van der Waals surface area contributed by atoms with Gasteiger partial charge in [-0.25, -0.2) is 4.98 Å². The Kier molecular flexibility index (Phi) is 4.78. The largest absolute Gasteiger partial charge is 0.395 e. The van der Waals surface area contributed by atoms with Crippen molar-refractivity contribution >= 4 is 0 Å². The average molecular weight is 211 g/mol. The Morgan fingerprint density at radius 1 is 1.60 bits per heavy atom. The highest BCUT2D eigenvalue weighted by Gasteiger charge is 2.14. The highest BCUT2D eigenvalue weighted by molar-refractivity contribution is 4.91. The van der Waals surface area contributed by atoms with Gasteiger partial charge in [0.2, 0.25) is 0 Å². The van der Waals surface area contributed by atoms with Crippen LogP contribution < -0.4 is 5.32 Å². The summed E-state index contributed by atoms with van der Waals surface area (Å²) in [5.74, 6) is 1.48. The number of aryl methyl sites for hydroxylation is 1. The van der Waals surface area contributed by atoms with Gasteiger partial charge in [0.1, 0.15) is 5.82 Å². The first kappa shape index (κ1) is 12.2. The van der Waals surface area contributed by atoms with E-state index in [1.54, 1.807) is 6.20 Å². The standard InChI is InChI=1S/C11H21N3O/c1-4-9(2)10(8-15)13-7-11-12-5-6-14(11)3/h5-6,9-10,13,15H,4,7-8H2,1-3H3. The van der Waals surface area contributed by atoms with Crippen LogP contribution in [0.2, 0.25) is 0 Å². The Balaban J connectivity index is 2.44. The molecule has 4 heteroatoms. The molecule has 86 valence electrons. The van der Waals surface area contributed by atoms with Crippen molar-refractivity contribution in [2.45, 2.75) is 32.9 Å². The third-order valence-electron chi connectivity index (χ3n) is 2.97. The van der Waals surface area contributed by atoms with E-state index in [0.29, 0.717) is 12.5 Å². The van der Waals surface area contributed by atoms with E-state index in [2.05, 4.69) is 24.1 Å². The molecule has 0 aromatic carbocycles. The molecule has 1 rings (SSSR count). The van der Waals surface area contributed by atoms with Crippen molar-refractivity contribution in [1.29, 1.82) is 0 Å². The van der Waals surface area contributed by atoms with E-state index < -0.39 is 0 Å². The van der Waals surface area contributed by atoms with E-state index >= 15 is 0 Å². The van der Waals surface area contributed by atoms with Gasteiger partial charge in [-0.2, -0.15) is 0 Å². The third-order valence-corrected chi connectivity index (χ3v) is 2.97. The highest BCUT2D eigenvalue weighted by Crippen LogP contribution is 2.07. The van der Waals surface area contributed by atoms with Crippen LogP contribution in [0.4, 0.5) is 0 Å². The lowest BCUT2D eigenvalue weighted by Gasteiger charge is -2.21. The molecule has 4 nitrogen and oxygen atoms in total. The summed E-state index contributed by atoms with van der Waals surface area (Å²) in [4.78, 5) is 4.23. The van der Waals surface area contributed by atoms with Crippen LogP contribution in [0.3, 0.4) is 0 Å². The van der Waals surface area contributed by atoms with Crippen LogP contribution in [-0.4, -0.2) is 27.3 Å². The summed E-state index contributed by atoms with van der Waals surface area (Å²) in [6.45, 7) is 5.17. The molecule has 0 aliphatic heterocycles. The Bertz CT molecular complexity index is 285. The Hall–Kier alpha value is -0.870. The molecule has 2 N–H and O–H groups in total. The number of nitrogens with zero attached hydrogens (tertiary/aromatic N) is 2. The summed E-state index contributed by atoms with van der Waals surface area (Å²) in [6.07, 6.45) is 4.78. The van der Waals surface area contributed by atoms with Crippen LogP contribution in [0.15, 0.2) is 12.4 Å². The summed E-state index contributed by atoms with van der Waals surface area (Å²) >= 11 is 0. The first-order valence-corrected chi connectivity index (χ1v) is 5.49. The van der Waals surface area contributed by atoms with Crippen LogP contribution >= 0.6 is 0 Å². The minimum absolute atomic E-state index is 0.159. The lowest BCUT2D eigenvalue weighted by atomic mass is 10.00. The van der Waals surface area contributed by atoms with Gasteiger partial charge in [-0.3, -0.25) is 0 Å². The predicted molar refractivity (Wildman–Crippen MR) is 60.4 cm³/mol. The molecule has 0 aliphatic carbocycles. The molecule has 0 bridgehead atoms. The number of imidazole rings is 1. The number of aliphatic hydroxyl groups is 1. The van der Waals surface area contributed by atoms with E-state index in [0.717, 1.165) is 12.2 Å². The van der Waals surface area contributed by atoms with Crippen molar-refractivity contribution in [2.75, 3.05) is 6.61 Å². The van der Waals surface area contributed by atoms with Crippen LogP contribution in [0.5, 0.6) is 0 Å². The van der Waals surface area contributed by atoms with Crippen LogP contribution in [-0.2, 0) is 13.6 Å². The molecule has 2 atom stereocenters. The zero-order valence-electron chi connectivity index (χ0n) is 9.77. The molecule has 0 saturated carbocycles. The average Bonchev–Trinajstić information content (AvgIpc) is 2.65. The molecular formula is C11H21N3O. The topological polar surface area (TPSA) is 50.1 Å². The van der Waals surface area contributed by atoms with Gasteiger partial charge in [0.15, 0.2) is 0 Å². The molecule has 1 heterocycles. The van der Waals surface area contributed by atoms with Crippen LogP contribution in [0.25, 0.3) is 0 Å². The highest BCUT2D eigenvalue weighted by atomic mass is 16.3. The summed E-state index contributed by atoms with van der Waals surface area (Å²) in [6, 6.07) is 0.159. The lowest BCUT2D eigenvalue weighted by Crippen LogP contribution is -2.38. The summed E-state index contributed by atoms with van der Waals surface area (Å²) in [7, 11) is 1.97. The first-order chi connectivity index (χ1) is 7.19. The molecule has 1 aromatic heterocycles. The molecule has 0 amide bonds. The fourth-order valence-electron chi connectivity index (χ4n) is 1.52. The van der Waals surface area contributed by atoms with E-state index in [-0.39, 0.29) is 12.6 Å². The molecule has 2 unspecified atom stereocenters. The smallest absolute Gasteiger partial charge is 0.122 e. The second-order valence-electron chi connectivity index (χ2n) is 4.01. The predicted octanol–water partition coefficient (Wildman–Crippen LogP) is 0.917. The van der Waals surface area contributed by atoms with E-state index in [9.17, 15) is 5.11 Å². The van der Waals surface area contributed by atoms with Gasteiger partial charge in [0.05, 0.1) is 13.2 Å². The number of aliphatic hydroxyl groups excluding tert-OH is 1. The first-order valence-electron chi connectivity index (χ1n) is 5.49. The Morgan fingerprint density at radius 3 is 2.80 bits per heavy atom. The zero-order valence-corrected chi connectivity index (χ0v) is 9.77. The second-order valence-corrected chi connectivity index (χ2v) is 4.01. The minimum Gasteiger partial charge on any atom is -0.395 e. The van der Waals surface area contributed by atoms with E-state index in [4.69, 9.17) is 0 Å². The maximum Gasteiger partial charge on any atom is 0.122 e. The van der Waals surface area contributed by atoms with Gasteiger partial charge >= 0.3 is 0 Å². The number of hydrogen-bond acceptors (Lipinski definition) is 3. The van der Waals surface area contributed by atoms with Gasteiger partial charge in [-0.15, -0.1) is 0 Å². The zero-order chi connectivity index (χ0) is 11.3. The second kappa shape index (κ2) is 5.88. The number of hydrogen-bond donors (Lipinski definition) is 2. The monoisotopic (exact) mass is 211 g/mol. The summed E-state index contributed by atoms with van der Waals surface area (Å²) in [5, 5.41) is 12.6. The van der Waals surface area contributed by atoms with Crippen LogP contribution in [0.1, 0.15) is 26.1 Å². The molecule has 0 fully saturated rings. The molecule has 0 radical (unpaired) electrons. The van der Waals surface area contributed by atoms with Gasteiger partial charge in [0.25, 0.3) is 0 Å². The van der Waals surface area contributed by atoms with E-state index in [1.807, 2.05) is 17.8 Å². The third kappa shape index (κ3) is 3.32. The molecule has 0 aliphatic rings. The summed E-state index contributed by atoms with van der Waals surface area (Å²) < 4.78 is 1.98. The van der Waals surface area contributed by atoms with Gasteiger partial charge in [0, 0.05) is 25.5 Å². The molecule has 1 aromatic rings. The number of nitrogens with one attached hydrogen (secondary N) is 1. The van der Waals surface area contributed by atoms with Crippen molar-refractivity contribution in [3.63, 3.8) is 0 Å². The van der Waals surface area contributed by atoms with Gasteiger partial charge in [-0.1, -0.05) is 20.3 Å². The maximum absolute atomic E-state index is 9.24. The van der Waals surface area contributed by atoms with Crippen molar-refractivity contribution in [3.05, 3.63) is 18.2 Å². The van der Waals surface area contributed by atoms with Gasteiger partial charge in [-0.05, 0) is 5.92 Å². The molecule has 0 saturated heterocycles. The van der Waals surface area contributed by atoms with Crippen molar-refractivity contribution < 1.29 is 5.11 Å². The Morgan fingerprint density at radius 2 is 2.33 bits per heavy atom. The van der Waals surface area contributed by atoms with Crippen molar-refractivity contribution in [3.8, 4) is 0 Å². The summed E-state index contributed by atoms with van der Waals surface area (Å²) in [5.41, 5.74) is 0. The van der Waals surface area contributed by atoms with Crippen LogP contribution in [0, 0.1) is 5.92 Å². The SMILES string of the molecule is CCC(C)C(CO)NCc1nccn1C. The normalized spacial score (nSPS) is 15.2. The number of rotatable bonds is 6. The Labute approximate surface area is 91.3 Å². The minimum atomic E-state index is 0.159. The molecular weight excluding hydrogens is 190 g/mol. The lowest BCUT2D eigenvalue weighted by molar-refractivity contribution is 0.200. The fraction of sp³-hybridized carbons (Fsp3) is 0.727. The van der Waals surface area contributed by atoms with Crippen molar-refractivity contribution in [1.82, 2.24) is 14.9 Å². The fourth-order valence-corrected chi connectivity index (χ4v) is 1.52. The maximum atomic E-state index is 9.24. The van der Waals surface area contributed by atoms with E-state index in [1.165, 1.54) is 0 Å². The van der Waals surface area contributed by atoms with Crippen molar-refractivity contribution in [2.24, 2.45) is 13.0 Å². The quantitative estimate of drug-likeness (QED) is 0.735. The van der Waals surface area contributed by atoms with Gasteiger partial charge < -0.3 is 15.0 Å².